The van der Waals surface area contributed by atoms with Gasteiger partial charge >= 0.3 is 0 Å². The molecule has 2 aromatic carbocycles. The largest absolute Gasteiger partial charge is 0.497 e. The van der Waals surface area contributed by atoms with Crippen LogP contribution in [0.25, 0.3) is 6.08 Å². The standard InChI is InChI=1S/C22H22N2O4S/c1-14-5-4-6-18(15(14)2)20(25)23-11-12-24-21(26)19(29-22(24)27)13-16-7-9-17(28-3)10-8-16/h4-10,13H,11-12H2,1-3H3,(H,23,25)/b19-13-. The molecule has 0 atom stereocenters. The maximum atomic E-state index is 12.6. The second-order valence-corrected chi connectivity index (χ2v) is 7.60. The number of amides is 3. The molecule has 7 heteroatoms. The number of carbonyl (C=O) groups excluding carboxylic acids is 3. The van der Waals surface area contributed by atoms with Gasteiger partial charge in [0, 0.05) is 18.7 Å². The Morgan fingerprint density at radius 1 is 1.14 bits per heavy atom. The molecule has 0 unspecified atom stereocenters. The first-order valence-electron chi connectivity index (χ1n) is 9.14. The Morgan fingerprint density at radius 3 is 2.55 bits per heavy atom. The lowest BCUT2D eigenvalue weighted by molar-refractivity contribution is -0.122. The number of rotatable bonds is 6. The summed E-state index contributed by atoms with van der Waals surface area (Å²) < 4.78 is 5.11. The molecule has 3 rings (SSSR count). The van der Waals surface area contributed by atoms with E-state index < -0.39 is 0 Å². The minimum atomic E-state index is -0.350. The van der Waals surface area contributed by atoms with Crippen molar-refractivity contribution in [1.29, 1.82) is 0 Å². The lowest BCUT2D eigenvalue weighted by Gasteiger charge is -2.14. The first kappa shape index (κ1) is 20.7. The van der Waals surface area contributed by atoms with Gasteiger partial charge in [0.25, 0.3) is 17.1 Å². The van der Waals surface area contributed by atoms with Gasteiger partial charge in [0.05, 0.1) is 12.0 Å². The monoisotopic (exact) mass is 410 g/mol. The number of ether oxygens (including phenoxy) is 1. The van der Waals surface area contributed by atoms with Crippen LogP contribution in [0.4, 0.5) is 4.79 Å². The van der Waals surface area contributed by atoms with Crippen molar-refractivity contribution in [1.82, 2.24) is 10.2 Å². The van der Waals surface area contributed by atoms with Crippen LogP contribution >= 0.6 is 11.8 Å². The van der Waals surface area contributed by atoms with E-state index in [0.717, 1.165) is 39.1 Å². The van der Waals surface area contributed by atoms with Crippen molar-refractivity contribution in [2.45, 2.75) is 13.8 Å². The quantitative estimate of drug-likeness (QED) is 0.734. The summed E-state index contributed by atoms with van der Waals surface area (Å²) in [7, 11) is 1.58. The van der Waals surface area contributed by atoms with Gasteiger partial charge in [-0.25, -0.2) is 0 Å². The molecule has 2 aromatic rings. The molecule has 0 aromatic heterocycles. The minimum Gasteiger partial charge on any atom is -0.497 e. The first-order valence-corrected chi connectivity index (χ1v) is 9.96. The molecule has 1 N–H and O–H groups in total. The number of nitrogens with zero attached hydrogens (tertiary/aromatic N) is 1. The highest BCUT2D eigenvalue weighted by atomic mass is 32.2. The number of methoxy groups -OCH3 is 1. The predicted octanol–water partition coefficient (Wildman–Crippen LogP) is 3.78. The molecule has 1 saturated heterocycles. The number of imide groups is 1. The van der Waals surface area contributed by atoms with Gasteiger partial charge in [0.15, 0.2) is 0 Å². The van der Waals surface area contributed by atoms with Crippen LogP contribution in [-0.4, -0.2) is 42.2 Å². The lowest BCUT2D eigenvalue weighted by atomic mass is 10.0. The Hall–Kier alpha value is -3.06. The fourth-order valence-electron chi connectivity index (χ4n) is 2.92. The Labute approximate surface area is 173 Å². The van der Waals surface area contributed by atoms with Crippen molar-refractivity contribution in [3.63, 3.8) is 0 Å². The Balaban J connectivity index is 1.60. The molecule has 6 nitrogen and oxygen atoms in total. The molecular weight excluding hydrogens is 388 g/mol. The second kappa shape index (κ2) is 8.96. The Morgan fingerprint density at radius 2 is 1.86 bits per heavy atom. The summed E-state index contributed by atoms with van der Waals surface area (Å²) in [6.07, 6.45) is 1.68. The number of hydrogen-bond donors (Lipinski definition) is 1. The highest BCUT2D eigenvalue weighted by Gasteiger charge is 2.34. The van der Waals surface area contributed by atoms with E-state index in [1.54, 1.807) is 31.4 Å². The molecule has 0 saturated carbocycles. The van der Waals surface area contributed by atoms with E-state index in [0.29, 0.717) is 10.5 Å². The van der Waals surface area contributed by atoms with Crippen molar-refractivity contribution in [2.75, 3.05) is 20.2 Å². The van der Waals surface area contributed by atoms with E-state index in [1.807, 2.05) is 38.1 Å². The van der Waals surface area contributed by atoms with Gasteiger partial charge in [-0.3, -0.25) is 19.3 Å². The van der Waals surface area contributed by atoms with E-state index in [-0.39, 0.29) is 30.1 Å². The molecule has 150 valence electrons. The summed E-state index contributed by atoms with van der Waals surface area (Å²) in [6, 6.07) is 12.8. The third-order valence-electron chi connectivity index (χ3n) is 4.76. The topological polar surface area (TPSA) is 75.7 Å². The van der Waals surface area contributed by atoms with E-state index in [1.165, 1.54) is 0 Å². The third-order valence-corrected chi connectivity index (χ3v) is 5.66. The normalized spacial score (nSPS) is 15.1. The zero-order chi connectivity index (χ0) is 21.0. The number of aryl methyl sites for hydroxylation is 1. The van der Waals surface area contributed by atoms with Gasteiger partial charge in [-0.05, 0) is 66.6 Å². The molecule has 1 aliphatic rings. The van der Waals surface area contributed by atoms with Gasteiger partial charge < -0.3 is 10.1 Å². The van der Waals surface area contributed by atoms with Crippen LogP contribution in [0.2, 0.25) is 0 Å². The highest BCUT2D eigenvalue weighted by Crippen LogP contribution is 2.32. The van der Waals surface area contributed by atoms with Gasteiger partial charge in [-0.15, -0.1) is 0 Å². The van der Waals surface area contributed by atoms with Crippen LogP contribution in [0.3, 0.4) is 0 Å². The van der Waals surface area contributed by atoms with Crippen LogP contribution < -0.4 is 10.1 Å². The smallest absolute Gasteiger partial charge is 0.293 e. The first-order chi connectivity index (χ1) is 13.9. The number of benzene rings is 2. The van der Waals surface area contributed by atoms with Gasteiger partial charge in [0.1, 0.15) is 5.75 Å². The predicted molar refractivity (Wildman–Crippen MR) is 114 cm³/mol. The lowest BCUT2D eigenvalue weighted by Crippen LogP contribution is -2.37. The molecule has 1 aliphatic heterocycles. The van der Waals surface area contributed by atoms with Gasteiger partial charge in [-0.2, -0.15) is 0 Å². The minimum absolute atomic E-state index is 0.126. The van der Waals surface area contributed by atoms with Crippen molar-refractivity contribution in [2.24, 2.45) is 0 Å². The van der Waals surface area contributed by atoms with Crippen molar-refractivity contribution < 1.29 is 19.1 Å². The van der Waals surface area contributed by atoms with Gasteiger partial charge in [0.2, 0.25) is 0 Å². The van der Waals surface area contributed by atoms with Crippen LogP contribution in [0.1, 0.15) is 27.0 Å². The number of carbonyl (C=O) groups is 3. The zero-order valence-corrected chi connectivity index (χ0v) is 17.3. The van der Waals surface area contributed by atoms with Crippen LogP contribution in [0.15, 0.2) is 47.4 Å². The summed E-state index contributed by atoms with van der Waals surface area (Å²) in [6.45, 7) is 4.16. The second-order valence-electron chi connectivity index (χ2n) is 6.61. The summed E-state index contributed by atoms with van der Waals surface area (Å²) in [5.41, 5.74) is 3.35. The fourth-order valence-corrected chi connectivity index (χ4v) is 3.78. The maximum absolute atomic E-state index is 12.6. The maximum Gasteiger partial charge on any atom is 0.293 e. The van der Waals surface area contributed by atoms with Gasteiger partial charge in [-0.1, -0.05) is 24.3 Å². The summed E-state index contributed by atoms with van der Waals surface area (Å²) >= 11 is 0.901. The van der Waals surface area contributed by atoms with E-state index >= 15 is 0 Å². The zero-order valence-electron chi connectivity index (χ0n) is 16.5. The van der Waals surface area contributed by atoms with Crippen LogP contribution in [-0.2, 0) is 4.79 Å². The number of thioether (sulfide) groups is 1. The average Bonchev–Trinajstić information content (AvgIpc) is 2.97. The van der Waals surface area contributed by atoms with E-state index in [4.69, 9.17) is 4.74 Å². The number of nitrogens with one attached hydrogen (secondary N) is 1. The third kappa shape index (κ3) is 4.68. The molecule has 0 radical (unpaired) electrons. The fraction of sp³-hybridized carbons (Fsp3) is 0.227. The van der Waals surface area contributed by atoms with Crippen molar-refractivity contribution in [3.05, 3.63) is 69.6 Å². The summed E-state index contributed by atoms with van der Waals surface area (Å²) in [5, 5.41) is 2.45. The molecule has 29 heavy (non-hydrogen) atoms. The molecule has 1 fully saturated rings. The van der Waals surface area contributed by atoms with E-state index in [9.17, 15) is 14.4 Å². The highest BCUT2D eigenvalue weighted by molar-refractivity contribution is 8.18. The Bertz CT molecular complexity index is 983. The molecule has 0 bridgehead atoms. The Kier molecular flexibility index (Phi) is 6.39. The van der Waals surface area contributed by atoms with Crippen molar-refractivity contribution >= 4 is 34.9 Å². The molecule has 0 spiro atoms. The van der Waals surface area contributed by atoms with Crippen LogP contribution in [0, 0.1) is 13.8 Å². The van der Waals surface area contributed by atoms with Crippen molar-refractivity contribution in [3.8, 4) is 5.75 Å². The van der Waals surface area contributed by atoms with Crippen LogP contribution in [0.5, 0.6) is 5.75 Å². The summed E-state index contributed by atoms with van der Waals surface area (Å²) in [4.78, 5) is 38.7. The molecule has 3 amide bonds. The van der Waals surface area contributed by atoms with E-state index in [2.05, 4.69) is 5.32 Å². The number of hydrogen-bond acceptors (Lipinski definition) is 5. The summed E-state index contributed by atoms with van der Waals surface area (Å²) in [5.74, 6) is 0.151. The molecule has 0 aliphatic carbocycles. The molecule has 1 heterocycles. The average molecular weight is 410 g/mol. The SMILES string of the molecule is COc1ccc(/C=C2\SC(=O)N(CCNC(=O)c3cccc(C)c3C)C2=O)cc1. The molecular formula is C22H22N2O4S.